The van der Waals surface area contributed by atoms with Gasteiger partial charge in [0.15, 0.2) is 0 Å². The number of hydrogen-bond acceptors (Lipinski definition) is 4. The Balaban J connectivity index is 1.78. The van der Waals surface area contributed by atoms with Gasteiger partial charge in [0.05, 0.1) is 15.9 Å². The maximum atomic E-state index is 12.8. The summed E-state index contributed by atoms with van der Waals surface area (Å²) >= 11 is 0. The van der Waals surface area contributed by atoms with Crippen molar-refractivity contribution < 1.29 is 13.2 Å². The molecule has 1 aliphatic heterocycles. The van der Waals surface area contributed by atoms with Gasteiger partial charge in [0.1, 0.15) is 5.82 Å². The van der Waals surface area contributed by atoms with Crippen LogP contribution in [0, 0.1) is 5.92 Å². The molecule has 1 atom stereocenters. The second-order valence-corrected chi connectivity index (χ2v) is 9.85. The highest BCUT2D eigenvalue weighted by molar-refractivity contribution is 7.89. The Bertz CT molecular complexity index is 979. The molecule has 8 heteroatoms. The summed E-state index contributed by atoms with van der Waals surface area (Å²) in [7, 11) is -1.61. The average molecular weight is 421 g/mol. The molecule has 0 bridgehead atoms. The molecule has 2 heterocycles. The molecular weight excluding hydrogens is 388 g/mol. The van der Waals surface area contributed by atoms with Crippen LogP contribution in [0.25, 0.3) is 11.0 Å². The van der Waals surface area contributed by atoms with E-state index in [1.165, 1.54) is 10.7 Å². The molecule has 3 rings (SSSR count). The Labute approximate surface area is 173 Å². The molecule has 7 nitrogen and oxygen atoms in total. The number of carbonyl (C=O) groups excluding carboxylic acids is 1. The Morgan fingerprint density at radius 1 is 1.28 bits per heavy atom. The third-order valence-corrected chi connectivity index (χ3v) is 7.91. The highest BCUT2D eigenvalue weighted by Crippen LogP contribution is 2.23. The number of carbonyl (C=O) groups is 1. The molecule has 29 heavy (non-hydrogen) atoms. The lowest BCUT2D eigenvalue weighted by molar-refractivity contribution is -0.132. The van der Waals surface area contributed by atoms with Gasteiger partial charge in [0.2, 0.25) is 15.9 Å². The third kappa shape index (κ3) is 4.48. The molecule has 0 saturated carbocycles. The zero-order valence-electron chi connectivity index (χ0n) is 17.9. The number of rotatable bonds is 7. The van der Waals surface area contributed by atoms with Gasteiger partial charge < -0.3 is 9.47 Å². The smallest absolute Gasteiger partial charge is 0.243 e. The second kappa shape index (κ2) is 8.83. The summed E-state index contributed by atoms with van der Waals surface area (Å²) in [5.41, 5.74) is 1.52. The van der Waals surface area contributed by atoms with E-state index in [0.29, 0.717) is 37.4 Å². The van der Waals surface area contributed by atoms with Crippen molar-refractivity contribution in [1.29, 1.82) is 0 Å². The van der Waals surface area contributed by atoms with Crippen molar-refractivity contribution in [2.24, 2.45) is 13.0 Å². The number of imidazole rings is 1. The molecule has 1 aromatic heterocycles. The fraction of sp³-hybridized carbons (Fsp3) is 0.619. The van der Waals surface area contributed by atoms with Gasteiger partial charge >= 0.3 is 0 Å². The first kappa shape index (κ1) is 21.8. The van der Waals surface area contributed by atoms with Gasteiger partial charge in [0, 0.05) is 46.1 Å². The van der Waals surface area contributed by atoms with Crippen LogP contribution >= 0.6 is 0 Å². The first-order valence-electron chi connectivity index (χ1n) is 10.5. The molecule has 1 saturated heterocycles. The zero-order valence-corrected chi connectivity index (χ0v) is 18.7. The topological polar surface area (TPSA) is 75.5 Å². The fourth-order valence-electron chi connectivity index (χ4n) is 4.12. The minimum Gasteiger partial charge on any atom is -0.342 e. The van der Waals surface area contributed by atoms with E-state index in [-0.39, 0.29) is 10.8 Å². The lowest BCUT2D eigenvalue weighted by Gasteiger charge is -2.31. The monoisotopic (exact) mass is 420 g/mol. The van der Waals surface area contributed by atoms with E-state index >= 15 is 0 Å². The molecule has 0 aliphatic carbocycles. The summed E-state index contributed by atoms with van der Waals surface area (Å²) in [4.78, 5) is 19.4. The average Bonchev–Trinajstić information content (AvgIpc) is 3.02. The summed E-state index contributed by atoms with van der Waals surface area (Å²) in [5, 5.41) is 0. The van der Waals surface area contributed by atoms with Crippen LogP contribution in [0.4, 0.5) is 0 Å². The highest BCUT2D eigenvalue weighted by Gasteiger charge is 2.24. The van der Waals surface area contributed by atoms with Crippen LogP contribution in [0.5, 0.6) is 0 Å². The Morgan fingerprint density at radius 3 is 2.66 bits per heavy atom. The zero-order chi connectivity index (χ0) is 21.2. The normalized spacial score (nSPS) is 18.0. The first-order chi connectivity index (χ1) is 13.8. The number of hydrogen-bond donors (Lipinski definition) is 0. The SMILES string of the molecule is CCN(CC)S(=O)(=O)c1ccc2c(c1)nc(CCC(=O)N1CCCC(C)C1)n2C. The molecule has 1 aromatic carbocycles. The summed E-state index contributed by atoms with van der Waals surface area (Å²) in [5.74, 6) is 1.54. The van der Waals surface area contributed by atoms with Crippen molar-refractivity contribution in [2.45, 2.75) is 51.3 Å². The molecule has 1 unspecified atom stereocenters. The predicted molar refractivity (Wildman–Crippen MR) is 114 cm³/mol. The van der Waals surface area contributed by atoms with E-state index in [0.717, 1.165) is 30.9 Å². The van der Waals surface area contributed by atoms with Crippen LogP contribution in [-0.2, 0) is 28.3 Å². The van der Waals surface area contributed by atoms with Crippen molar-refractivity contribution >= 4 is 27.0 Å². The van der Waals surface area contributed by atoms with Gasteiger partial charge in [-0.1, -0.05) is 20.8 Å². The number of benzene rings is 1. The molecule has 2 aromatic rings. The van der Waals surface area contributed by atoms with E-state index in [4.69, 9.17) is 0 Å². The maximum Gasteiger partial charge on any atom is 0.243 e. The van der Waals surface area contributed by atoms with Crippen molar-refractivity contribution in [3.8, 4) is 0 Å². The largest absolute Gasteiger partial charge is 0.342 e. The summed E-state index contributed by atoms with van der Waals surface area (Å²) in [6.45, 7) is 8.40. The highest BCUT2D eigenvalue weighted by atomic mass is 32.2. The lowest BCUT2D eigenvalue weighted by atomic mass is 10.00. The molecule has 0 radical (unpaired) electrons. The summed E-state index contributed by atoms with van der Waals surface area (Å²) in [6, 6.07) is 5.08. The van der Waals surface area contributed by atoms with Crippen LogP contribution in [0.2, 0.25) is 0 Å². The summed E-state index contributed by atoms with van der Waals surface area (Å²) < 4.78 is 29.0. The van der Waals surface area contributed by atoms with E-state index in [9.17, 15) is 13.2 Å². The second-order valence-electron chi connectivity index (χ2n) is 7.91. The number of aromatic nitrogens is 2. The molecule has 1 fully saturated rings. The standard InChI is InChI=1S/C21H32N4O3S/c1-5-25(6-2)29(27,28)17-9-10-19-18(14-17)22-20(23(19)4)11-12-21(26)24-13-7-8-16(3)15-24/h9-10,14,16H,5-8,11-13,15H2,1-4H3. The summed E-state index contributed by atoms with van der Waals surface area (Å²) in [6.07, 6.45) is 3.23. The number of amides is 1. The van der Waals surface area contributed by atoms with Gasteiger partial charge in [0.25, 0.3) is 0 Å². The number of piperidine rings is 1. The van der Waals surface area contributed by atoms with Crippen molar-refractivity contribution in [3.63, 3.8) is 0 Å². The molecule has 1 amide bonds. The minimum atomic E-state index is -3.52. The number of aryl methyl sites for hydroxylation is 2. The first-order valence-corrected chi connectivity index (χ1v) is 11.9. The van der Waals surface area contributed by atoms with Gasteiger partial charge in [-0.3, -0.25) is 4.79 Å². The van der Waals surface area contributed by atoms with Crippen LogP contribution in [0.1, 0.15) is 45.9 Å². The van der Waals surface area contributed by atoms with Gasteiger partial charge in [-0.25, -0.2) is 13.4 Å². The lowest BCUT2D eigenvalue weighted by Crippen LogP contribution is -2.39. The van der Waals surface area contributed by atoms with Crippen molar-refractivity contribution in [3.05, 3.63) is 24.0 Å². The number of fused-ring (bicyclic) bond motifs is 1. The molecule has 0 N–H and O–H groups in total. The number of sulfonamides is 1. The minimum absolute atomic E-state index is 0.174. The Morgan fingerprint density at radius 2 is 2.00 bits per heavy atom. The number of likely N-dealkylation sites (tertiary alicyclic amines) is 1. The van der Waals surface area contributed by atoms with E-state index < -0.39 is 10.0 Å². The maximum absolute atomic E-state index is 12.8. The van der Waals surface area contributed by atoms with Gasteiger partial charge in [-0.15, -0.1) is 0 Å². The van der Waals surface area contributed by atoms with Gasteiger partial charge in [-0.2, -0.15) is 4.31 Å². The third-order valence-electron chi connectivity index (χ3n) is 5.86. The van der Waals surface area contributed by atoms with Crippen molar-refractivity contribution in [2.75, 3.05) is 26.2 Å². The Hall–Kier alpha value is -1.93. The molecule has 160 valence electrons. The van der Waals surface area contributed by atoms with Gasteiger partial charge in [-0.05, 0) is 37.0 Å². The molecular formula is C21H32N4O3S. The number of nitrogens with zero attached hydrogens (tertiary/aromatic N) is 4. The van der Waals surface area contributed by atoms with Crippen LogP contribution in [0.3, 0.4) is 0 Å². The van der Waals surface area contributed by atoms with E-state index in [1.807, 2.05) is 30.4 Å². The van der Waals surface area contributed by atoms with Crippen LogP contribution < -0.4 is 0 Å². The van der Waals surface area contributed by atoms with E-state index in [1.54, 1.807) is 18.2 Å². The van der Waals surface area contributed by atoms with Crippen LogP contribution in [0.15, 0.2) is 23.1 Å². The van der Waals surface area contributed by atoms with E-state index in [2.05, 4.69) is 11.9 Å². The molecule has 0 spiro atoms. The Kier molecular flexibility index (Phi) is 6.63. The fourth-order valence-corrected chi connectivity index (χ4v) is 5.60. The van der Waals surface area contributed by atoms with Crippen LogP contribution in [-0.4, -0.2) is 59.3 Å². The quantitative estimate of drug-likeness (QED) is 0.690. The molecule has 1 aliphatic rings. The predicted octanol–water partition coefficient (Wildman–Crippen LogP) is 2.79. The van der Waals surface area contributed by atoms with Crippen molar-refractivity contribution in [1.82, 2.24) is 18.8 Å².